The normalized spacial score (nSPS) is 12.8. The Kier molecular flexibility index (Phi) is 2.70. The smallest absolute Gasteiger partial charge is 0.0916 e. The molecule has 0 fully saturated rings. The predicted molar refractivity (Wildman–Crippen MR) is 60.7 cm³/mol. The van der Waals surface area contributed by atoms with Crippen LogP contribution in [0.1, 0.15) is 28.6 Å². The second kappa shape index (κ2) is 4.02. The van der Waals surface area contributed by atoms with Crippen LogP contribution in [0.25, 0.3) is 0 Å². The Bertz CT molecular complexity index is 503. The highest BCUT2D eigenvalue weighted by Gasteiger charge is 2.16. The number of hydrogen-bond donors (Lipinski definition) is 1. The Morgan fingerprint density at radius 3 is 2.62 bits per heavy atom. The summed E-state index contributed by atoms with van der Waals surface area (Å²) < 4.78 is 1.67. The van der Waals surface area contributed by atoms with Crippen molar-refractivity contribution in [3.63, 3.8) is 0 Å². The zero-order chi connectivity index (χ0) is 11.7. The highest BCUT2D eigenvalue weighted by molar-refractivity contribution is 5.29. The van der Waals surface area contributed by atoms with Crippen LogP contribution in [0.4, 0.5) is 0 Å². The highest BCUT2D eigenvalue weighted by atomic mass is 15.4. The molecule has 0 saturated heterocycles. The lowest BCUT2D eigenvalue weighted by molar-refractivity contribution is 0.642. The molecular weight excluding hydrogens is 202 g/mol. The third-order valence-electron chi connectivity index (χ3n) is 2.62. The van der Waals surface area contributed by atoms with E-state index in [9.17, 15) is 0 Å². The monoisotopic (exact) mass is 217 g/mol. The van der Waals surface area contributed by atoms with Gasteiger partial charge in [-0.2, -0.15) is 0 Å². The van der Waals surface area contributed by atoms with E-state index < -0.39 is 0 Å². The SMILES string of the molecule is Cc1cnc(C(N)c2cnnn2C)c(C)c1. The lowest BCUT2D eigenvalue weighted by Gasteiger charge is -2.13. The molecule has 1 unspecified atom stereocenters. The number of aromatic nitrogens is 4. The van der Waals surface area contributed by atoms with E-state index in [1.807, 2.05) is 27.1 Å². The first-order valence-corrected chi connectivity index (χ1v) is 5.13. The number of aryl methyl sites for hydroxylation is 3. The zero-order valence-electron chi connectivity index (χ0n) is 9.68. The molecule has 0 aliphatic rings. The molecule has 0 bridgehead atoms. The summed E-state index contributed by atoms with van der Waals surface area (Å²) in [6, 6.07) is 1.80. The van der Waals surface area contributed by atoms with Crippen LogP contribution < -0.4 is 5.73 Å². The molecule has 5 heteroatoms. The fraction of sp³-hybridized carbons (Fsp3) is 0.364. The maximum Gasteiger partial charge on any atom is 0.0916 e. The molecule has 0 aliphatic carbocycles. The van der Waals surface area contributed by atoms with Crippen LogP contribution in [0.2, 0.25) is 0 Å². The Morgan fingerprint density at radius 2 is 2.06 bits per heavy atom. The summed E-state index contributed by atoms with van der Waals surface area (Å²) in [5, 5.41) is 7.69. The number of nitrogens with zero attached hydrogens (tertiary/aromatic N) is 4. The molecule has 2 aromatic rings. The van der Waals surface area contributed by atoms with Gasteiger partial charge in [0.05, 0.1) is 23.6 Å². The summed E-state index contributed by atoms with van der Waals surface area (Å²) in [6.45, 7) is 4.03. The second-order valence-electron chi connectivity index (χ2n) is 3.97. The van der Waals surface area contributed by atoms with Gasteiger partial charge < -0.3 is 5.73 Å². The fourth-order valence-corrected chi connectivity index (χ4v) is 1.77. The van der Waals surface area contributed by atoms with Crippen LogP contribution in [-0.4, -0.2) is 20.0 Å². The minimum Gasteiger partial charge on any atom is -0.318 e. The van der Waals surface area contributed by atoms with E-state index in [1.165, 1.54) is 0 Å². The van der Waals surface area contributed by atoms with Gasteiger partial charge in [-0.05, 0) is 25.0 Å². The van der Waals surface area contributed by atoms with Crippen LogP contribution in [0.5, 0.6) is 0 Å². The van der Waals surface area contributed by atoms with Crippen LogP contribution in [-0.2, 0) is 7.05 Å². The van der Waals surface area contributed by atoms with Gasteiger partial charge in [0.25, 0.3) is 0 Å². The molecule has 2 N–H and O–H groups in total. The summed E-state index contributed by atoms with van der Waals surface area (Å²) in [7, 11) is 1.83. The minimum atomic E-state index is -0.277. The van der Waals surface area contributed by atoms with Gasteiger partial charge in [-0.1, -0.05) is 11.3 Å². The fourth-order valence-electron chi connectivity index (χ4n) is 1.77. The first-order valence-electron chi connectivity index (χ1n) is 5.13. The van der Waals surface area contributed by atoms with E-state index >= 15 is 0 Å². The third-order valence-corrected chi connectivity index (χ3v) is 2.62. The van der Waals surface area contributed by atoms with Gasteiger partial charge in [-0.3, -0.25) is 9.67 Å². The molecule has 1 atom stereocenters. The Morgan fingerprint density at radius 1 is 1.31 bits per heavy atom. The first-order chi connectivity index (χ1) is 7.59. The minimum absolute atomic E-state index is 0.277. The van der Waals surface area contributed by atoms with Gasteiger partial charge in [-0.15, -0.1) is 5.10 Å². The molecule has 2 aromatic heterocycles. The summed E-state index contributed by atoms with van der Waals surface area (Å²) in [6.07, 6.45) is 3.50. The van der Waals surface area contributed by atoms with E-state index in [0.29, 0.717) is 0 Å². The van der Waals surface area contributed by atoms with Crippen molar-refractivity contribution < 1.29 is 0 Å². The largest absolute Gasteiger partial charge is 0.318 e. The van der Waals surface area contributed by atoms with Crippen LogP contribution in [0, 0.1) is 13.8 Å². The number of nitrogens with two attached hydrogens (primary N) is 1. The molecule has 84 valence electrons. The van der Waals surface area contributed by atoms with E-state index in [-0.39, 0.29) is 6.04 Å². The Balaban J connectivity index is 2.41. The van der Waals surface area contributed by atoms with E-state index in [1.54, 1.807) is 10.9 Å². The van der Waals surface area contributed by atoms with E-state index in [2.05, 4.69) is 21.4 Å². The molecule has 0 spiro atoms. The molecule has 16 heavy (non-hydrogen) atoms. The van der Waals surface area contributed by atoms with Gasteiger partial charge in [0.15, 0.2) is 0 Å². The van der Waals surface area contributed by atoms with E-state index in [4.69, 9.17) is 5.73 Å². The molecule has 2 rings (SSSR count). The standard InChI is InChI=1S/C11H15N5/c1-7-4-8(2)11(13-5-7)10(12)9-6-14-15-16(9)3/h4-6,10H,12H2,1-3H3. The molecule has 0 aromatic carbocycles. The summed E-state index contributed by atoms with van der Waals surface area (Å²) >= 11 is 0. The van der Waals surface area contributed by atoms with Crippen molar-refractivity contribution >= 4 is 0 Å². The van der Waals surface area contributed by atoms with Crippen molar-refractivity contribution in [2.24, 2.45) is 12.8 Å². The Labute approximate surface area is 94.3 Å². The quantitative estimate of drug-likeness (QED) is 0.810. The molecular formula is C11H15N5. The molecule has 0 saturated carbocycles. The molecule has 0 aliphatic heterocycles. The van der Waals surface area contributed by atoms with Gasteiger partial charge in [0.1, 0.15) is 0 Å². The second-order valence-corrected chi connectivity index (χ2v) is 3.97. The van der Waals surface area contributed by atoms with Gasteiger partial charge >= 0.3 is 0 Å². The van der Waals surface area contributed by atoms with Crippen molar-refractivity contribution in [2.75, 3.05) is 0 Å². The average Bonchev–Trinajstić information content (AvgIpc) is 2.63. The van der Waals surface area contributed by atoms with Gasteiger partial charge in [0, 0.05) is 13.2 Å². The van der Waals surface area contributed by atoms with E-state index in [0.717, 1.165) is 22.5 Å². The molecule has 5 nitrogen and oxygen atoms in total. The number of rotatable bonds is 2. The van der Waals surface area contributed by atoms with Crippen molar-refractivity contribution in [1.82, 2.24) is 20.0 Å². The summed E-state index contributed by atoms with van der Waals surface area (Å²) in [5.74, 6) is 0. The van der Waals surface area contributed by atoms with Crippen molar-refractivity contribution in [1.29, 1.82) is 0 Å². The van der Waals surface area contributed by atoms with Crippen molar-refractivity contribution in [3.05, 3.63) is 41.0 Å². The molecule has 0 radical (unpaired) electrons. The van der Waals surface area contributed by atoms with Crippen LogP contribution >= 0.6 is 0 Å². The van der Waals surface area contributed by atoms with Crippen LogP contribution in [0.15, 0.2) is 18.5 Å². The maximum absolute atomic E-state index is 6.15. The maximum atomic E-state index is 6.15. The Hall–Kier alpha value is -1.75. The van der Waals surface area contributed by atoms with Gasteiger partial charge in [0.2, 0.25) is 0 Å². The third kappa shape index (κ3) is 1.81. The van der Waals surface area contributed by atoms with Gasteiger partial charge in [-0.25, -0.2) is 0 Å². The lowest BCUT2D eigenvalue weighted by atomic mass is 10.1. The van der Waals surface area contributed by atoms with Crippen LogP contribution in [0.3, 0.4) is 0 Å². The predicted octanol–water partition coefficient (Wildman–Crippen LogP) is 0.875. The van der Waals surface area contributed by atoms with Crippen molar-refractivity contribution in [2.45, 2.75) is 19.9 Å². The first kappa shape index (κ1) is 10.8. The zero-order valence-corrected chi connectivity index (χ0v) is 9.68. The van der Waals surface area contributed by atoms with Crippen molar-refractivity contribution in [3.8, 4) is 0 Å². The highest BCUT2D eigenvalue weighted by Crippen LogP contribution is 2.19. The number of pyridine rings is 1. The molecule has 0 amide bonds. The summed E-state index contributed by atoms with van der Waals surface area (Å²) in [4.78, 5) is 4.38. The number of hydrogen-bond acceptors (Lipinski definition) is 4. The lowest BCUT2D eigenvalue weighted by Crippen LogP contribution is -2.18. The summed E-state index contributed by atoms with van der Waals surface area (Å²) in [5.41, 5.74) is 10.1. The topological polar surface area (TPSA) is 69.6 Å². The average molecular weight is 217 g/mol. The molecule has 2 heterocycles.